The van der Waals surface area contributed by atoms with Gasteiger partial charge in [-0.3, -0.25) is 0 Å². The van der Waals surface area contributed by atoms with Crippen LogP contribution in [-0.4, -0.2) is 67.2 Å². The van der Waals surface area contributed by atoms with Crippen LogP contribution in [0.2, 0.25) is 0 Å². The molecule has 1 N–H and O–H groups in total. The van der Waals surface area contributed by atoms with Crippen LogP contribution in [0.5, 0.6) is 0 Å². The first kappa shape index (κ1) is 22.1. The van der Waals surface area contributed by atoms with Crippen molar-refractivity contribution in [2.45, 2.75) is 26.4 Å². The van der Waals surface area contributed by atoms with Gasteiger partial charge in [-0.25, -0.2) is 18.2 Å². The third-order valence-corrected chi connectivity index (χ3v) is 6.48. The third kappa shape index (κ3) is 5.40. The van der Waals surface area contributed by atoms with Gasteiger partial charge in [0, 0.05) is 32.4 Å². The van der Waals surface area contributed by atoms with Gasteiger partial charge in [0.05, 0.1) is 11.5 Å². The molecule has 1 fully saturated rings. The molecule has 1 aliphatic rings. The third-order valence-electron chi connectivity index (χ3n) is 4.47. The highest BCUT2D eigenvalue weighted by atomic mass is 32.2. The molecule has 9 heteroatoms. The molecule has 2 rings (SSSR count). The van der Waals surface area contributed by atoms with E-state index >= 15 is 0 Å². The van der Waals surface area contributed by atoms with Gasteiger partial charge >= 0.3 is 5.97 Å². The number of piperazine rings is 1. The van der Waals surface area contributed by atoms with Crippen molar-refractivity contribution >= 4 is 21.8 Å². The summed E-state index contributed by atoms with van der Waals surface area (Å²) in [6.45, 7) is 6.40. The van der Waals surface area contributed by atoms with E-state index in [1.165, 1.54) is 36.4 Å². The minimum atomic E-state index is -3.62. The number of pyridine rings is 1. The normalized spacial score (nSPS) is 17.2. The molecule has 1 saturated heterocycles. The molecule has 0 aromatic carbocycles. The molecular weight excluding hydrogens is 382 g/mol. The highest BCUT2D eigenvalue weighted by Gasteiger charge is 2.30. The largest absolute Gasteiger partial charge is 0.479 e. The molecule has 1 aromatic rings. The predicted molar refractivity (Wildman–Crippen MR) is 108 cm³/mol. The summed E-state index contributed by atoms with van der Waals surface area (Å²) >= 11 is 0. The number of carboxylic acids is 1. The van der Waals surface area contributed by atoms with E-state index in [-0.39, 0.29) is 11.5 Å². The van der Waals surface area contributed by atoms with E-state index in [4.69, 9.17) is 9.84 Å². The number of aromatic nitrogens is 1. The van der Waals surface area contributed by atoms with Crippen LogP contribution in [0.4, 0.5) is 5.82 Å². The minimum absolute atomic E-state index is 0.000383. The first-order chi connectivity index (χ1) is 13.2. The molecule has 0 bridgehead atoms. The van der Waals surface area contributed by atoms with E-state index in [2.05, 4.69) is 9.88 Å². The fourth-order valence-corrected chi connectivity index (χ4v) is 4.17. The number of hydrogen-bond acceptors (Lipinski definition) is 6. The van der Waals surface area contributed by atoms with E-state index in [0.29, 0.717) is 26.2 Å². The van der Waals surface area contributed by atoms with Crippen molar-refractivity contribution in [3.63, 3.8) is 0 Å². The van der Waals surface area contributed by atoms with Crippen molar-refractivity contribution in [2.75, 3.05) is 37.7 Å². The lowest BCUT2D eigenvalue weighted by Crippen LogP contribution is -2.49. The van der Waals surface area contributed by atoms with Crippen LogP contribution in [0.1, 0.15) is 20.8 Å². The Morgan fingerprint density at radius 1 is 1.29 bits per heavy atom. The lowest BCUT2D eigenvalue weighted by molar-refractivity contribution is -0.159. The second-order valence-electron chi connectivity index (χ2n) is 6.80. The topological polar surface area (TPSA) is 100 Å². The van der Waals surface area contributed by atoms with Gasteiger partial charge < -0.3 is 14.7 Å². The Bertz CT molecular complexity index is 826. The summed E-state index contributed by atoms with van der Waals surface area (Å²) in [4.78, 5) is 17.5. The first-order valence-electron chi connectivity index (χ1n) is 9.05. The number of allylic oxidation sites excluding steroid dienone is 2. The zero-order chi connectivity index (χ0) is 20.8. The summed E-state index contributed by atoms with van der Waals surface area (Å²) in [5.74, 6) is -0.241. The molecule has 8 nitrogen and oxygen atoms in total. The highest BCUT2D eigenvalue weighted by Crippen LogP contribution is 2.20. The van der Waals surface area contributed by atoms with Crippen molar-refractivity contribution in [2.24, 2.45) is 0 Å². The van der Waals surface area contributed by atoms with Crippen LogP contribution in [-0.2, 0) is 19.6 Å². The molecule has 0 spiro atoms. The molecule has 1 aliphatic heterocycles. The Kier molecular flexibility index (Phi) is 7.34. The van der Waals surface area contributed by atoms with Crippen LogP contribution in [0.3, 0.4) is 0 Å². The van der Waals surface area contributed by atoms with E-state index < -0.39 is 21.6 Å². The van der Waals surface area contributed by atoms with E-state index in [9.17, 15) is 13.2 Å². The van der Waals surface area contributed by atoms with Gasteiger partial charge in [0.1, 0.15) is 5.82 Å². The lowest BCUT2D eigenvalue weighted by Gasteiger charge is -2.34. The number of carbonyl (C=O) groups is 1. The van der Waals surface area contributed by atoms with Crippen LogP contribution in [0.25, 0.3) is 0 Å². The Morgan fingerprint density at radius 2 is 1.96 bits per heavy atom. The Labute approximate surface area is 166 Å². The number of aliphatic carboxylic acids is 1. The maximum absolute atomic E-state index is 12.9. The number of ether oxygens (including phenoxy) is 1. The van der Waals surface area contributed by atoms with Gasteiger partial charge in [-0.15, -0.1) is 0 Å². The van der Waals surface area contributed by atoms with Crippen molar-refractivity contribution in [1.29, 1.82) is 0 Å². The van der Waals surface area contributed by atoms with Gasteiger partial charge in [0.15, 0.2) is 5.60 Å². The summed E-state index contributed by atoms with van der Waals surface area (Å²) in [5.41, 5.74) is -1.33. The standard InChI is InChI=1S/C19H27N3O5S/c1-4-16(8-7-15-27-19(2,3)18(23)24)28(25,26)22-13-11-21(12-14-22)17-9-5-6-10-20-17/h4-10H,11-15H2,1-3H3,(H,23,24)/b8-7-,16-4+. The monoisotopic (exact) mass is 409 g/mol. The number of anilines is 1. The van der Waals surface area contributed by atoms with E-state index in [0.717, 1.165) is 5.82 Å². The maximum atomic E-state index is 12.9. The van der Waals surface area contributed by atoms with Crippen LogP contribution in [0, 0.1) is 0 Å². The van der Waals surface area contributed by atoms with Crippen LogP contribution < -0.4 is 4.90 Å². The van der Waals surface area contributed by atoms with E-state index in [1.54, 1.807) is 13.1 Å². The van der Waals surface area contributed by atoms with Gasteiger partial charge in [-0.2, -0.15) is 4.31 Å². The molecule has 0 radical (unpaired) electrons. The lowest BCUT2D eigenvalue weighted by atomic mass is 10.1. The fourth-order valence-electron chi connectivity index (χ4n) is 2.66. The Morgan fingerprint density at radius 3 is 2.50 bits per heavy atom. The molecule has 0 aliphatic carbocycles. The molecule has 1 aromatic heterocycles. The summed E-state index contributed by atoms with van der Waals surface area (Å²) in [6.07, 6.45) is 6.22. The molecule has 0 atom stereocenters. The van der Waals surface area contributed by atoms with Gasteiger partial charge in [-0.05, 0) is 39.0 Å². The number of hydrogen-bond donors (Lipinski definition) is 1. The van der Waals surface area contributed by atoms with Crippen LogP contribution >= 0.6 is 0 Å². The minimum Gasteiger partial charge on any atom is -0.479 e. The van der Waals surface area contributed by atoms with Gasteiger partial charge in [0.25, 0.3) is 0 Å². The van der Waals surface area contributed by atoms with Crippen LogP contribution in [0.15, 0.2) is 47.5 Å². The van der Waals surface area contributed by atoms with Gasteiger partial charge in [0.2, 0.25) is 10.0 Å². The zero-order valence-corrected chi connectivity index (χ0v) is 17.2. The van der Waals surface area contributed by atoms with Crippen molar-refractivity contribution in [3.8, 4) is 0 Å². The average Bonchev–Trinajstić information content (AvgIpc) is 2.68. The summed E-state index contributed by atoms with van der Waals surface area (Å²) in [7, 11) is -3.62. The van der Waals surface area contributed by atoms with E-state index in [1.807, 2.05) is 18.2 Å². The Hall–Kier alpha value is -2.23. The number of carboxylic acid groups (broad SMARTS) is 1. The SMILES string of the molecule is C/C=C(\C=C/COC(C)(C)C(=O)O)S(=O)(=O)N1CCN(c2ccccn2)CC1. The second-order valence-corrected chi connectivity index (χ2v) is 8.74. The molecule has 0 amide bonds. The quantitative estimate of drug-likeness (QED) is 0.654. The van der Waals surface area contributed by atoms with Gasteiger partial charge in [-0.1, -0.05) is 18.2 Å². The maximum Gasteiger partial charge on any atom is 0.335 e. The molecular formula is C19H27N3O5S. The summed E-state index contributed by atoms with van der Waals surface area (Å²) in [6, 6.07) is 5.65. The molecule has 154 valence electrons. The van der Waals surface area contributed by atoms with Crippen molar-refractivity contribution < 1.29 is 23.1 Å². The van der Waals surface area contributed by atoms with Crippen molar-refractivity contribution in [3.05, 3.63) is 47.5 Å². The van der Waals surface area contributed by atoms with Crippen molar-refractivity contribution in [1.82, 2.24) is 9.29 Å². The Balaban J connectivity index is 1.97. The zero-order valence-electron chi connectivity index (χ0n) is 16.4. The number of rotatable bonds is 8. The average molecular weight is 410 g/mol. The predicted octanol–water partition coefficient (Wildman–Crippen LogP) is 1.87. The summed E-state index contributed by atoms with van der Waals surface area (Å²) < 4.78 is 32.5. The fraction of sp³-hybridized carbons (Fsp3) is 0.474. The molecule has 0 saturated carbocycles. The smallest absolute Gasteiger partial charge is 0.335 e. The highest BCUT2D eigenvalue weighted by molar-refractivity contribution is 7.93. The number of sulfonamides is 1. The second kappa shape index (κ2) is 9.31. The summed E-state index contributed by atoms with van der Waals surface area (Å²) in [5, 5.41) is 9.03. The molecule has 0 unspecified atom stereocenters. The molecule has 2 heterocycles. The molecule has 28 heavy (non-hydrogen) atoms. The number of nitrogens with zero attached hydrogens (tertiary/aromatic N) is 3. The first-order valence-corrected chi connectivity index (χ1v) is 10.5.